The lowest BCUT2D eigenvalue weighted by Gasteiger charge is -2.18. The Morgan fingerprint density at radius 3 is 2.26 bits per heavy atom. The van der Waals surface area contributed by atoms with Crippen LogP contribution < -0.4 is 0 Å². The summed E-state index contributed by atoms with van der Waals surface area (Å²) in [5.41, 5.74) is 2.27. The molecule has 23 heavy (non-hydrogen) atoms. The van der Waals surface area contributed by atoms with Crippen LogP contribution >= 0.6 is 34.8 Å². The SMILES string of the molecule is CN(C)C/C=C(\c1cccc(Cl)c1)C(O)c1cc(Cl)cc(Cl)c1. The predicted molar refractivity (Wildman–Crippen MR) is 99.4 cm³/mol. The van der Waals surface area contributed by atoms with Gasteiger partial charge in [-0.25, -0.2) is 0 Å². The number of nitrogens with zero attached hydrogens (tertiary/aromatic N) is 1. The second kappa shape index (κ2) is 8.18. The third-order valence-corrected chi connectivity index (χ3v) is 4.00. The van der Waals surface area contributed by atoms with E-state index in [4.69, 9.17) is 34.8 Å². The zero-order valence-electron chi connectivity index (χ0n) is 12.9. The van der Waals surface area contributed by atoms with Gasteiger partial charge in [0.25, 0.3) is 0 Å². The summed E-state index contributed by atoms with van der Waals surface area (Å²) in [5.74, 6) is 0. The molecule has 0 aliphatic heterocycles. The van der Waals surface area contributed by atoms with Crippen LogP contribution in [0.2, 0.25) is 15.1 Å². The van der Waals surface area contributed by atoms with Gasteiger partial charge < -0.3 is 10.0 Å². The number of hydrogen-bond donors (Lipinski definition) is 1. The van der Waals surface area contributed by atoms with Crippen molar-refractivity contribution >= 4 is 40.4 Å². The van der Waals surface area contributed by atoms with Crippen molar-refractivity contribution < 1.29 is 5.11 Å². The fraction of sp³-hybridized carbons (Fsp3) is 0.222. The van der Waals surface area contributed by atoms with Gasteiger partial charge in [0, 0.05) is 21.6 Å². The fourth-order valence-electron chi connectivity index (χ4n) is 2.25. The first-order chi connectivity index (χ1) is 10.9. The highest BCUT2D eigenvalue weighted by Gasteiger charge is 2.17. The van der Waals surface area contributed by atoms with Gasteiger partial charge in [0.15, 0.2) is 0 Å². The van der Waals surface area contributed by atoms with Crippen molar-refractivity contribution in [3.05, 3.63) is 74.7 Å². The van der Waals surface area contributed by atoms with Crippen molar-refractivity contribution in [2.24, 2.45) is 0 Å². The number of benzene rings is 2. The van der Waals surface area contributed by atoms with Crippen LogP contribution in [0.3, 0.4) is 0 Å². The van der Waals surface area contributed by atoms with Gasteiger partial charge in [0.1, 0.15) is 6.10 Å². The van der Waals surface area contributed by atoms with E-state index < -0.39 is 6.10 Å². The Morgan fingerprint density at radius 2 is 1.70 bits per heavy atom. The molecule has 0 heterocycles. The Labute approximate surface area is 151 Å². The van der Waals surface area contributed by atoms with Crippen LogP contribution in [0.25, 0.3) is 5.57 Å². The highest BCUT2D eigenvalue weighted by Crippen LogP contribution is 2.33. The van der Waals surface area contributed by atoms with E-state index in [-0.39, 0.29) is 0 Å². The highest BCUT2D eigenvalue weighted by molar-refractivity contribution is 6.34. The number of aliphatic hydroxyl groups excluding tert-OH is 1. The molecule has 0 aliphatic rings. The summed E-state index contributed by atoms with van der Waals surface area (Å²) in [6.07, 6.45) is 1.13. The van der Waals surface area contributed by atoms with E-state index in [0.29, 0.717) is 27.2 Å². The van der Waals surface area contributed by atoms with E-state index in [9.17, 15) is 5.11 Å². The molecule has 2 aromatic rings. The molecule has 0 fully saturated rings. The third kappa shape index (κ3) is 5.23. The molecule has 1 atom stereocenters. The van der Waals surface area contributed by atoms with Gasteiger partial charge in [-0.3, -0.25) is 0 Å². The largest absolute Gasteiger partial charge is 0.384 e. The monoisotopic (exact) mass is 369 g/mol. The Balaban J connectivity index is 2.46. The summed E-state index contributed by atoms with van der Waals surface area (Å²) >= 11 is 18.2. The Hall–Kier alpha value is -1.03. The van der Waals surface area contributed by atoms with Crippen LogP contribution in [0.1, 0.15) is 17.2 Å². The van der Waals surface area contributed by atoms with Crippen LogP contribution in [0.15, 0.2) is 48.5 Å². The van der Waals surface area contributed by atoms with Crippen molar-refractivity contribution in [2.75, 3.05) is 20.6 Å². The number of likely N-dealkylation sites (N-methyl/N-ethyl adjacent to an activating group) is 1. The number of aliphatic hydroxyl groups is 1. The first kappa shape index (κ1) is 18.3. The quantitative estimate of drug-likeness (QED) is 0.769. The van der Waals surface area contributed by atoms with Crippen molar-refractivity contribution in [3.63, 3.8) is 0 Å². The molecular formula is C18H18Cl3NO. The molecule has 5 heteroatoms. The van der Waals surface area contributed by atoms with Crippen LogP contribution in [0.5, 0.6) is 0 Å². The molecular weight excluding hydrogens is 353 g/mol. The van der Waals surface area contributed by atoms with E-state index in [1.807, 2.05) is 43.3 Å². The zero-order chi connectivity index (χ0) is 17.0. The molecule has 0 spiro atoms. The topological polar surface area (TPSA) is 23.5 Å². The minimum atomic E-state index is -0.843. The summed E-state index contributed by atoms with van der Waals surface area (Å²) in [5, 5.41) is 12.4. The van der Waals surface area contributed by atoms with E-state index in [1.54, 1.807) is 24.3 Å². The van der Waals surface area contributed by atoms with E-state index in [2.05, 4.69) is 0 Å². The first-order valence-corrected chi connectivity index (χ1v) is 8.25. The molecule has 2 nitrogen and oxygen atoms in total. The van der Waals surface area contributed by atoms with Crippen LogP contribution in [0.4, 0.5) is 0 Å². The number of rotatable bonds is 5. The zero-order valence-corrected chi connectivity index (χ0v) is 15.2. The van der Waals surface area contributed by atoms with E-state index in [0.717, 1.165) is 11.1 Å². The number of hydrogen-bond acceptors (Lipinski definition) is 2. The van der Waals surface area contributed by atoms with Crippen LogP contribution in [0, 0.1) is 0 Å². The first-order valence-electron chi connectivity index (χ1n) is 7.11. The van der Waals surface area contributed by atoms with Gasteiger partial charge in [-0.2, -0.15) is 0 Å². The molecule has 0 aromatic heterocycles. The lowest BCUT2D eigenvalue weighted by molar-refractivity contribution is 0.237. The standard InChI is InChI=1S/C18H18Cl3NO/c1-22(2)7-6-17(12-4-3-5-14(19)8-12)18(23)13-9-15(20)11-16(21)10-13/h3-6,8-11,18,23H,7H2,1-2H3/b17-6+. The molecule has 1 N–H and O–H groups in total. The third-order valence-electron chi connectivity index (χ3n) is 3.33. The Kier molecular flexibility index (Phi) is 6.51. The number of halogens is 3. The summed E-state index contributed by atoms with van der Waals surface area (Å²) in [4.78, 5) is 2.02. The van der Waals surface area contributed by atoms with Crippen LogP contribution in [-0.4, -0.2) is 30.6 Å². The maximum atomic E-state index is 10.8. The smallest absolute Gasteiger partial charge is 0.104 e. The predicted octanol–water partition coefficient (Wildman–Crippen LogP) is 5.33. The van der Waals surface area contributed by atoms with E-state index >= 15 is 0 Å². The molecule has 2 rings (SSSR count). The molecule has 1 unspecified atom stereocenters. The molecule has 0 saturated carbocycles. The molecule has 0 amide bonds. The lowest BCUT2D eigenvalue weighted by Crippen LogP contribution is -2.12. The van der Waals surface area contributed by atoms with Crippen molar-refractivity contribution in [3.8, 4) is 0 Å². The van der Waals surface area contributed by atoms with Gasteiger partial charge in [-0.05, 0) is 61.1 Å². The molecule has 0 saturated heterocycles. The lowest BCUT2D eigenvalue weighted by atomic mass is 9.94. The summed E-state index contributed by atoms with van der Waals surface area (Å²) < 4.78 is 0. The average molecular weight is 371 g/mol. The molecule has 0 radical (unpaired) electrons. The Bertz CT molecular complexity index is 693. The van der Waals surface area contributed by atoms with Gasteiger partial charge in [-0.15, -0.1) is 0 Å². The van der Waals surface area contributed by atoms with Gasteiger partial charge in [0.2, 0.25) is 0 Å². The maximum Gasteiger partial charge on any atom is 0.104 e. The van der Waals surface area contributed by atoms with Crippen molar-refractivity contribution in [1.82, 2.24) is 4.90 Å². The van der Waals surface area contributed by atoms with Crippen molar-refractivity contribution in [2.45, 2.75) is 6.10 Å². The van der Waals surface area contributed by atoms with Gasteiger partial charge >= 0.3 is 0 Å². The molecule has 2 aromatic carbocycles. The van der Waals surface area contributed by atoms with Crippen LogP contribution in [-0.2, 0) is 0 Å². The second-order valence-electron chi connectivity index (χ2n) is 5.54. The molecule has 122 valence electrons. The fourth-order valence-corrected chi connectivity index (χ4v) is 2.98. The average Bonchev–Trinajstić information content (AvgIpc) is 2.46. The molecule has 0 bridgehead atoms. The second-order valence-corrected chi connectivity index (χ2v) is 6.85. The summed E-state index contributed by atoms with van der Waals surface area (Å²) in [7, 11) is 3.93. The molecule has 0 aliphatic carbocycles. The highest BCUT2D eigenvalue weighted by atomic mass is 35.5. The summed E-state index contributed by atoms with van der Waals surface area (Å²) in [6.45, 7) is 0.688. The normalized spacial score (nSPS) is 13.4. The minimum absolute atomic E-state index is 0.490. The van der Waals surface area contributed by atoms with Gasteiger partial charge in [-0.1, -0.05) is 53.0 Å². The van der Waals surface area contributed by atoms with Crippen molar-refractivity contribution in [1.29, 1.82) is 0 Å². The van der Waals surface area contributed by atoms with E-state index in [1.165, 1.54) is 0 Å². The Morgan fingerprint density at radius 1 is 1.04 bits per heavy atom. The minimum Gasteiger partial charge on any atom is -0.384 e. The summed E-state index contributed by atoms with van der Waals surface area (Å²) in [6, 6.07) is 12.5. The maximum absolute atomic E-state index is 10.8. The van der Waals surface area contributed by atoms with Gasteiger partial charge in [0.05, 0.1) is 0 Å².